The van der Waals surface area contributed by atoms with Gasteiger partial charge in [-0.25, -0.2) is 9.97 Å². The molecule has 0 amide bonds. The Labute approximate surface area is 116 Å². The predicted octanol–water partition coefficient (Wildman–Crippen LogP) is 2.90. The van der Waals surface area contributed by atoms with Crippen molar-refractivity contribution in [1.82, 2.24) is 14.4 Å². The summed E-state index contributed by atoms with van der Waals surface area (Å²) in [4.78, 5) is 8.88. The molecule has 0 aliphatic carbocycles. The Balaban J connectivity index is 2.15. The molecule has 0 aliphatic rings. The first-order chi connectivity index (χ1) is 8.60. The summed E-state index contributed by atoms with van der Waals surface area (Å²) in [5.41, 5.74) is 3.08. The Morgan fingerprint density at radius 1 is 1.44 bits per heavy atom. The average molecular weight is 281 g/mol. The summed E-state index contributed by atoms with van der Waals surface area (Å²) in [6.45, 7) is 6.55. The van der Waals surface area contributed by atoms with E-state index in [2.05, 4.69) is 9.97 Å². The van der Waals surface area contributed by atoms with E-state index in [4.69, 9.17) is 17.0 Å². The molecule has 4 nitrogen and oxygen atoms in total. The van der Waals surface area contributed by atoms with Gasteiger partial charge in [-0.1, -0.05) is 11.8 Å². The fraction of sp³-hybridized carbons (Fsp3) is 0.417. The molecule has 6 heteroatoms. The molecule has 0 fully saturated rings. The minimum Gasteiger partial charge on any atom is -0.479 e. The number of imidazole rings is 1. The first-order valence-corrected chi connectivity index (χ1v) is 7.11. The molecule has 0 radical (unpaired) electrons. The summed E-state index contributed by atoms with van der Waals surface area (Å²) in [5.74, 6) is 1.45. The number of thioether (sulfide) groups is 1. The number of aromatic nitrogens is 3. The van der Waals surface area contributed by atoms with Gasteiger partial charge in [0, 0.05) is 23.3 Å². The van der Waals surface area contributed by atoms with Crippen LogP contribution in [-0.2, 0) is 10.5 Å². The van der Waals surface area contributed by atoms with Gasteiger partial charge in [0.1, 0.15) is 0 Å². The Morgan fingerprint density at radius 3 is 2.94 bits per heavy atom. The second-order valence-corrected chi connectivity index (χ2v) is 5.49. The summed E-state index contributed by atoms with van der Waals surface area (Å²) in [5, 5.41) is 0. The van der Waals surface area contributed by atoms with Crippen LogP contribution >= 0.6 is 24.0 Å². The van der Waals surface area contributed by atoms with Gasteiger partial charge in [-0.2, -0.15) is 0 Å². The highest BCUT2D eigenvalue weighted by molar-refractivity contribution is 8.22. The first kappa shape index (κ1) is 13.3. The number of thiocarbonyl (C=S) groups is 1. The SMILES string of the molecule is CCOC(=S)SCc1cn2c(C)cc(C)nc2n1. The third kappa shape index (κ3) is 3.00. The minimum atomic E-state index is 0.565. The van der Waals surface area contributed by atoms with Crippen LogP contribution in [0.5, 0.6) is 0 Å². The molecule has 2 aromatic heterocycles. The van der Waals surface area contributed by atoms with Crippen molar-refractivity contribution in [3.05, 3.63) is 29.3 Å². The van der Waals surface area contributed by atoms with Crippen molar-refractivity contribution in [2.24, 2.45) is 0 Å². The molecule has 0 N–H and O–H groups in total. The van der Waals surface area contributed by atoms with Gasteiger partial charge in [0.05, 0.1) is 12.3 Å². The molecule has 2 aromatic rings. The van der Waals surface area contributed by atoms with E-state index in [-0.39, 0.29) is 0 Å². The van der Waals surface area contributed by atoms with Crippen molar-refractivity contribution < 1.29 is 4.74 Å². The van der Waals surface area contributed by atoms with Crippen LogP contribution in [0.2, 0.25) is 0 Å². The van der Waals surface area contributed by atoms with E-state index in [0.29, 0.717) is 16.7 Å². The smallest absolute Gasteiger partial charge is 0.234 e. The summed E-state index contributed by atoms with van der Waals surface area (Å²) in [6.07, 6.45) is 2.00. The van der Waals surface area contributed by atoms with Crippen LogP contribution < -0.4 is 0 Å². The van der Waals surface area contributed by atoms with Crippen molar-refractivity contribution in [1.29, 1.82) is 0 Å². The lowest BCUT2D eigenvalue weighted by atomic mass is 10.3. The maximum Gasteiger partial charge on any atom is 0.234 e. The maximum absolute atomic E-state index is 5.22. The second kappa shape index (κ2) is 5.67. The molecule has 0 saturated carbocycles. The summed E-state index contributed by atoms with van der Waals surface area (Å²) < 4.78 is 7.78. The topological polar surface area (TPSA) is 39.4 Å². The lowest BCUT2D eigenvalue weighted by Crippen LogP contribution is -1.96. The number of rotatable bonds is 3. The molecule has 0 aliphatic heterocycles. The van der Waals surface area contributed by atoms with Gasteiger partial charge >= 0.3 is 0 Å². The number of hydrogen-bond acceptors (Lipinski definition) is 5. The number of aryl methyl sites for hydroxylation is 2. The monoisotopic (exact) mass is 281 g/mol. The molecule has 0 spiro atoms. The fourth-order valence-corrected chi connectivity index (χ4v) is 2.58. The molecule has 18 heavy (non-hydrogen) atoms. The van der Waals surface area contributed by atoms with Crippen LogP contribution in [0.4, 0.5) is 0 Å². The largest absolute Gasteiger partial charge is 0.479 e. The molecule has 0 atom stereocenters. The molecular weight excluding hydrogens is 266 g/mol. The fourth-order valence-electron chi connectivity index (χ4n) is 1.68. The Morgan fingerprint density at radius 2 is 2.22 bits per heavy atom. The number of ether oxygens (including phenoxy) is 1. The van der Waals surface area contributed by atoms with Gasteiger partial charge < -0.3 is 4.74 Å². The van der Waals surface area contributed by atoms with E-state index in [1.54, 1.807) is 0 Å². The van der Waals surface area contributed by atoms with E-state index in [1.165, 1.54) is 11.8 Å². The zero-order valence-electron chi connectivity index (χ0n) is 10.6. The van der Waals surface area contributed by atoms with Gasteiger partial charge in [-0.15, -0.1) is 0 Å². The van der Waals surface area contributed by atoms with Crippen LogP contribution in [0.15, 0.2) is 12.3 Å². The number of nitrogens with zero attached hydrogens (tertiary/aromatic N) is 3. The molecule has 2 rings (SSSR count). The zero-order chi connectivity index (χ0) is 13.1. The highest BCUT2D eigenvalue weighted by Crippen LogP contribution is 2.16. The third-order valence-electron chi connectivity index (χ3n) is 2.41. The highest BCUT2D eigenvalue weighted by atomic mass is 32.2. The Hall–Kier alpha value is -1.14. The maximum atomic E-state index is 5.22. The second-order valence-electron chi connectivity index (χ2n) is 3.91. The van der Waals surface area contributed by atoms with Crippen LogP contribution in [0.25, 0.3) is 5.78 Å². The average Bonchev–Trinajstić information content (AvgIpc) is 2.70. The third-order valence-corrected chi connectivity index (χ3v) is 3.68. The normalized spacial score (nSPS) is 10.8. The highest BCUT2D eigenvalue weighted by Gasteiger charge is 2.07. The summed E-state index contributed by atoms with van der Waals surface area (Å²) in [7, 11) is 0. The van der Waals surface area contributed by atoms with Gasteiger partial charge in [0.25, 0.3) is 0 Å². The van der Waals surface area contributed by atoms with Crippen LogP contribution in [0.3, 0.4) is 0 Å². The Kier molecular flexibility index (Phi) is 4.19. The van der Waals surface area contributed by atoms with E-state index >= 15 is 0 Å². The lowest BCUT2D eigenvalue weighted by Gasteiger charge is -2.01. The quantitative estimate of drug-likeness (QED) is 0.809. The first-order valence-electron chi connectivity index (χ1n) is 5.72. The van der Waals surface area contributed by atoms with Crippen molar-refractivity contribution in [3.8, 4) is 0 Å². The van der Waals surface area contributed by atoms with E-state index in [0.717, 1.165) is 22.9 Å². The molecule has 2 heterocycles. The molecule has 0 unspecified atom stereocenters. The van der Waals surface area contributed by atoms with Crippen LogP contribution in [-0.4, -0.2) is 25.4 Å². The summed E-state index contributed by atoms with van der Waals surface area (Å²) >= 11 is 6.56. The van der Waals surface area contributed by atoms with Crippen LogP contribution in [0, 0.1) is 13.8 Å². The number of fused-ring (bicyclic) bond motifs is 1. The van der Waals surface area contributed by atoms with Crippen molar-refractivity contribution in [2.75, 3.05) is 6.61 Å². The van der Waals surface area contributed by atoms with Crippen molar-refractivity contribution in [3.63, 3.8) is 0 Å². The molecule has 0 bridgehead atoms. The molecule has 96 valence electrons. The molecule has 0 saturated heterocycles. The van der Waals surface area contributed by atoms with Crippen molar-refractivity contribution in [2.45, 2.75) is 26.5 Å². The molecule has 0 aromatic carbocycles. The lowest BCUT2D eigenvalue weighted by molar-refractivity contribution is 0.346. The van der Waals surface area contributed by atoms with Gasteiger partial charge in [0.15, 0.2) is 0 Å². The van der Waals surface area contributed by atoms with E-state index in [1.807, 2.05) is 37.4 Å². The van der Waals surface area contributed by atoms with E-state index < -0.39 is 0 Å². The molecular formula is C12H15N3OS2. The van der Waals surface area contributed by atoms with Gasteiger partial charge in [0.2, 0.25) is 10.2 Å². The summed E-state index contributed by atoms with van der Waals surface area (Å²) in [6, 6.07) is 2.04. The van der Waals surface area contributed by atoms with Gasteiger partial charge in [-0.3, -0.25) is 4.40 Å². The standard InChI is InChI=1S/C12H15N3OS2/c1-4-16-12(17)18-7-10-6-15-9(3)5-8(2)13-11(15)14-10/h5-6H,4,7H2,1-3H3. The number of hydrogen-bond donors (Lipinski definition) is 0. The minimum absolute atomic E-state index is 0.565. The predicted molar refractivity (Wildman–Crippen MR) is 78.0 cm³/mol. The van der Waals surface area contributed by atoms with Crippen molar-refractivity contribution >= 4 is 34.1 Å². The zero-order valence-corrected chi connectivity index (χ0v) is 12.3. The van der Waals surface area contributed by atoms with Gasteiger partial charge in [-0.05, 0) is 39.1 Å². The van der Waals surface area contributed by atoms with E-state index in [9.17, 15) is 0 Å². The van der Waals surface area contributed by atoms with Crippen LogP contribution in [0.1, 0.15) is 24.0 Å². The Bertz CT molecular complexity index is 580.